The Morgan fingerprint density at radius 1 is 1.24 bits per heavy atom. The first-order valence-corrected chi connectivity index (χ1v) is 7.15. The molecule has 0 heterocycles. The summed E-state index contributed by atoms with van der Waals surface area (Å²) in [6.07, 6.45) is 0.646. The summed E-state index contributed by atoms with van der Waals surface area (Å²) in [4.78, 5) is 37.0. The monoisotopic (exact) mass is 292 g/mol. The fourth-order valence-corrected chi connectivity index (χ4v) is 3.07. The lowest BCUT2D eigenvalue weighted by atomic mass is 9.85. The molecule has 5 nitrogen and oxygen atoms in total. The van der Waals surface area contributed by atoms with E-state index in [1.807, 2.05) is 0 Å². The molecule has 0 saturated heterocycles. The van der Waals surface area contributed by atoms with E-state index >= 15 is 0 Å². The van der Waals surface area contributed by atoms with E-state index in [1.165, 1.54) is 0 Å². The minimum Gasteiger partial charge on any atom is -0.466 e. The Bertz CT molecular complexity index is 581. The number of carbonyl (C=O) groups excluding carboxylic acids is 3. The maximum Gasteiger partial charge on any atom is 0.312 e. The SMILES string of the molecule is CCOC(=O)C1(C)CC2=C(C1)C(=O)C(CCO)=C(C)C2=O. The van der Waals surface area contributed by atoms with Gasteiger partial charge in [0.1, 0.15) is 0 Å². The maximum atomic E-state index is 12.5. The van der Waals surface area contributed by atoms with Crippen molar-refractivity contribution in [2.24, 2.45) is 5.41 Å². The summed E-state index contributed by atoms with van der Waals surface area (Å²) in [5, 5.41) is 9.05. The van der Waals surface area contributed by atoms with Crippen molar-refractivity contribution in [2.45, 2.75) is 40.0 Å². The first kappa shape index (κ1) is 15.6. The fourth-order valence-electron chi connectivity index (χ4n) is 3.07. The number of hydrogen-bond acceptors (Lipinski definition) is 5. The number of ketones is 2. The normalized spacial score (nSPS) is 25.5. The van der Waals surface area contributed by atoms with Crippen molar-refractivity contribution >= 4 is 17.5 Å². The molecule has 0 radical (unpaired) electrons. The average Bonchev–Trinajstić information content (AvgIpc) is 2.81. The van der Waals surface area contributed by atoms with Gasteiger partial charge in [-0.15, -0.1) is 0 Å². The van der Waals surface area contributed by atoms with Crippen LogP contribution in [-0.2, 0) is 19.1 Å². The highest BCUT2D eigenvalue weighted by atomic mass is 16.5. The smallest absolute Gasteiger partial charge is 0.312 e. The van der Waals surface area contributed by atoms with Gasteiger partial charge in [0.15, 0.2) is 11.6 Å². The van der Waals surface area contributed by atoms with Gasteiger partial charge >= 0.3 is 5.97 Å². The van der Waals surface area contributed by atoms with Crippen LogP contribution in [0.2, 0.25) is 0 Å². The van der Waals surface area contributed by atoms with Crippen LogP contribution in [0.15, 0.2) is 22.3 Å². The van der Waals surface area contributed by atoms with Crippen molar-refractivity contribution < 1.29 is 24.2 Å². The zero-order valence-corrected chi connectivity index (χ0v) is 12.6. The molecule has 0 bridgehead atoms. The molecule has 2 aliphatic rings. The van der Waals surface area contributed by atoms with Gasteiger partial charge in [0.2, 0.25) is 0 Å². The summed E-state index contributed by atoms with van der Waals surface area (Å²) in [6.45, 7) is 5.16. The third kappa shape index (κ3) is 2.46. The Morgan fingerprint density at radius 3 is 2.33 bits per heavy atom. The molecule has 114 valence electrons. The maximum absolute atomic E-state index is 12.5. The van der Waals surface area contributed by atoms with Crippen molar-refractivity contribution in [3.63, 3.8) is 0 Å². The molecule has 0 aromatic carbocycles. The van der Waals surface area contributed by atoms with Gasteiger partial charge in [0.05, 0.1) is 12.0 Å². The summed E-state index contributed by atoms with van der Waals surface area (Å²) in [5.74, 6) is -0.758. The predicted octanol–water partition coefficient (Wildman–Crippen LogP) is 1.50. The van der Waals surface area contributed by atoms with Gasteiger partial charge in [-0.05, 0) is 40.0 Å². The third-order valence-corrected chi connectivity index (χ3v) is 4.24. The Labute approximate surface area is 123 Å². The van der Waals surface area contributed by atoms with Crippen molar-refractivity contribution in [3.8, 4) is 0 Å². The van der Waals surface area contributed by atoms with Gasteiger partial charge in [-0.25, -0.2) is 0 Å². The molecule has 0 amide bonds. The molecule has 0 spiro atoms. The average molecular weight is 292 g/mol. The second-order valence-electron chi connectivity index (χ2n) is 5.83. The summed E-state index contributed by atoms with van der Waals surface area (Å²) >= 11 is 0. The quantitative estimate of drug-likeness (QED) is 0.627. The number of ether oxygens (including phenoxy) is 1. The molecule has 5 heteroatoms. The van der Waals surface area contributed by atoms with Crippen LogP contribution < -0.4 is 0 Å². The van der Waals surface area contributed by atoms with Crippen LogP contribution in [0.3, 0.4) is 0 Å². The van der Waals surface area contributed by atoms with Crippen LogP contribution >= 0.6 is 0 Å². The number of Topliss-reactive ketones (excluding diaryl/α,β-unsaturated/α-hetero) is 2. The summed E-state index contributed by atoms with van der Waals surface area (Å²) < 4.78 is 5.06. The molecule has 0 aromatic heterocycles. The molecule has 21 heavy (non-hydrogen) atoms. The second kappa shape index (κ2) is 5.56. The van der Waals surface area contributed by atoms with Crippen LogP contribution in [0.4, 0.5) is 0 Å². The van der Waals surface area contributed by atoms with Crippen molar-refractivity contribution in [1.29, 1.82) is 0 Å². The molecule has 2 aliphatic carbocycles. The van der Waals surface area contributed by atoms with E-state index in [9.17, 15) is 14.4 Å². The molecule has 0 aliphatic heterocycles. The third-order valence-electron chi connectivity index (χ3n) is 4.24. The van der Waals surface area contributed by atoms with Crippen molar-refractivity contribution in [1.82, 2.24) is 0 Å². The molecule has 0 saturated carbocycles. The highest BCUT2D eigenvalue weighted by Gasteiger charge is 2.48. The molecule has 1 unspecified atom stereocenters. The van der Waals surface area contributed by atoms with Crippen LogP contribution in [0.1, 0.15) is 40.0 Å². The molecule has 2 rings (SSSR count). The van der Waals surface area contributed by atoms with E-state index in [-0.39, 0.29) is 50.0 Å². The number of allylic oxidation sites excluding steroid dienone is 3. The lowest BCUT2D eigenvalue weighted by molar-refractivity contribution is -0.153. The zero-order valence-electron chi connectivity index (χ0n) is 12.6. The predicted molar refractivity (Wildman–Crippen MR) is 75.4 cm³/mol. The van der Waals surface area contributed by atoms with Crippen LogP contribution in [0, 0.1) is 5.41 Å². The summed E-state index contributed by atoms with van der Waals surface area (Å²) in [7, 11) is 0. The van der Waals surface area contributed by atoms with Gasteiger partial charge in [-0.1, -0.05) is 0 Å². The molecular weight excluding hydrogens is 272 g/mol. The summed E-state index contributed by atoms with van der Waals surface area (Å²) in [6, 6.07) is 0. The highest BCUT2D eigenvalue weighted by molar-refractivity contribution is 6.26. The lowest BCUT2D eigenvalue weighted by Gasteiger charge is -2.21. The Balaban J connectivity index is 2.32. The van der Waals surface area contributed by atoms with Crippen molar-refractivity contribution in [3.05, 3.63) is 22.3 Å². The molecular formula is C16H20O5. The lowest BCUT2D eigenvalue weighted by Crippen LogP contribution is -2.28. The second-order valence-corrected chi connectivity index (χ2v) is 5.83. The van der Waals surface area contributed by atoms with E-state index in [1.54, 1.807) is 20.8 Å². The van der Waals surface area contributed by atoms with Crippen LogP contribution in [0.25, 0.3) is 0 Å². The number of esters is 1. The number of carbonyl (C=O) groups is 3. The van der Waals surface area contributed by atoms with Gasteiger partial charge in [-0.3, -0.25) is 14.4 Å². The van der Waals surface area contributed by atoms with Crippen molar-refractivity contribution in [2.75, 3.05) is 13.2 Å². The zero-order chi connectivity index (χ0) is 15.8. The molecule has 0 fully saturated rings. The highest BCUT2D eigenvalue weighted by Crippen LogP contribution is 2.47. The Morgan fingerprint density at radius 2 is 1.81 bits per heavy atom. The number of rotatable bonds is 4. The standard InChI is InChI=1S/C16H20O5/c1-4-21-15(20)16(3)7-11-12(8-16)14(19)10(5-6-17)9(2)13(11)18/h17H,4-8H2,1-3H3. The van der Waals surface area contributed by atoms with E-state index in [0.717, 1.165) is 0 Å². The van der Waals surface area contributed by atoms with Gasteiger partial charge < -0.3 is 9.84 Å². The number of hydrogen-bond donors (Lipinski definition) is 1. The van der Waals surface area contributed by atoms with Gasteiger partial charge in [-0.2, -0.15) is 0 Å². The van der Waals surface area contributed by atoms with Gasteiger partial charge in [0, 0.05) is 28.9 Å². The molecule has 1 atom stereocenters. The number of aliphatic hydroxyl groups excluding tert-OH is 1. The fraction of sp³-hybridized carbons (Fsp3) is 0.562. The minimum atomic E-state index is -0.846. The Hall–Kier alpha value is -1.75. The molecule has 1 N–H and O–H groups in total. The first-order valence-electron chi connectivity index (χ1n) is 7.15. The minimum absolute atomic E-state index is 0.170. The van der Waals surface area contributed by atoms with Gasteiger partial charge in [0.25, 0.3) is 0 Å². The largest absolute Gasteiger partial charge is 0.466 e. The first-order chi connectivity index (χ1) is 9.85. The number of aliphatic hydroxyl groups is 1. The van der Waals surface area contributed by atoms with Crippen LogP contribution in [0.5, 0.6) is 0 Å². The topological polar surface area (TPSA) is 80.7 Å². The van der Waals surface area contributed by atoms with E-state index < -0.39 is 5.41 Å². The van der Waals surface area contributed by atoms with E-state index in [0.29, 0.717) is 22.3 Å². The van der Waals surface area contributed by atoms with Crippen LogP contribution in [-0.4, -0.2) is 35.9 Å². The Kier molecular flexibility index (Phi) is 4.14. The van der Waals surface area contributed by atoms with E-state index in [4.69, 9.17) is 9.84 Å². The molecule has 0 aromatic rings. The summed E-state index contributed by atoms with van der Waals surface area (Å²) in [5.41, 5.74) is 0.774. The van der Waals surface area contributed by atoms with E-state index in [2.05, 4.69) is 0 Å².